The van der Waals surface area contributed by atoms with Gasteiger partial charge in [0.25, 0.3) is 0 Å². The van der Waals surface area contributed by atoms with Gasteiger partial charge in [0.2, 0.25) is 0 Å². The molecule has 0 aliphatic rings. The number of rotatable bonds is 5. The third-order valence-corrected chi connectivity index (χ3v) is 10.9. The third-order valence-electron chi connectivity index (χ3n) is 9.67. The van der Waals surface area contributed by atoms with Gasteiger partial charge in [0.15, 0.2) is 0 Å². The first kappa shape index (κ1) is 27.9. The molecule has 2 aromatic heterocycles. The number of benzene rings is 8. The lowest BCUT2D eigenvalue weighted by Crippen LogP contribution is -2.10. The molecular weight excluding hydrogens is 615 g/mol. The SMILES string of the molecule is c1ccc(-c2ccc(N(c3cccc(-c4cccc5c4oc4ccccc45)c3)c3cccc4c3ccc3c5ccccc5sc43)cc2)cc1. The molecule has 10 aromatic rings. The van der Waals surface area contributed by atoms with E-state index in [0.29, 0.717) is 0 Å². The van der Waals surface area contributed by atoms with Crippen LogP contribution < -0.4 is 4.90 Å². The van der Waals surface area contributed by atoms with E-state index >= 15 is 0 Å². The van der Waals surface area contributed by atoms with Gasteiger partial charge in [-0.2, -0.15) is 0 Å². The fourth-order valence-corrected chi connectivity index (χ4v) is 8.60. The number of hydrogen-bond acceptors (Lipinski definition) is 3. The first-order valence-corrected chi connectivity index (χ1v) is 17.4. The van der Waals surface area contributed by atoms with Crippen molar-refractivity contribution in [1.29, 1.82) is 0 Å². The highest BCUT2D eigenvalue weighted by molar-refractivity contribution is 7.26. The molecule has 230 valence electrons. The Hall–Kier alpha value is -6.16. The van der Waals surface area contributed by atoms with Crippen molar-refractivity contribution >= 4 is 81.3 Å². The highest BCUT2D eigenvalue weighted by atomic mass is 32.1. The van der Waals surface area contributed by atoms with Crippen molar-refractivity contribution in [3.8, 4) is 22.3 Å². The van der Waals surface area contributed by atoms with Crippen LogP contribution in [0.3, 0.4) is 0 Å². The Balaban J connectivity index is 1.18. The molecule has 0 aliphatic heterocycles. The van der Waals surface area contributed by atoms with Crippen molar-refractivity contribution in [2.45, 2.75) is 0 Å². The number of furan rings is 1. The smallest absolute Gasteiger partial charge is 0.143 e. The summed E-state index contributed by atoms with van der Waals surface area (Å²) in [6.45, 7) is 0. The van der Waals surface area contributed by atoms with Crippen LogP contribution in [0.15, 0.2) is 180 Å². The van der Waals surface area contributed by atoms with Crippen molar-refractivity contribution in [3.63, 3.8) is 0 Å². The van der Waals surface area contributed by atoms with E-state index in [9.17, 15) is 0 Å². The van der Waals surface area contributed by atoms with Crippen LogP contribution in [0, 0.1) is 0 Å². The maximum absolute atomic E-state index is 6.47. The minimum Gasteiger partial charge on any atom is -0.455 e. The molecule has 0 unspecified atom stereocenters. The van der Waals surface area contributed by atoms with Gasteiger partial charge in [-0.15, -0.1) is 11.3 Å². The van der Waals surface area contributed by atoms with Crippen LogP contribution in [0.4, 0.5) is 17.1 Å². The molecule has 0 saturated heterocycles. The number of fused-ring (bicyclic) bond motifs is 8. The Bertz CT molecular complexity index is 2830. The average Bonchev–Trinajstić information content (AvgIpc) is 3.75. The molecule has 2 heterocycles. The lowest BCUT2D eigenvalue weighted by molar-refractivity contribution is 0.670. The van der Waals surface area contributed by atoms with Gasteiger partial charge in [0.1, 0.15) is 11.2 Å². The van der Waals surface area contributed by atoms with Crippen molar-refractivity contribution < 1.29 is 4.42 Å². The van der Waals surface area contributed by atoms with Gasteiger partial charge < -0.3 is 9.32 Å². The summed E-state index contributed by atoms with van der Waals surface area (Å²) in [5, 5.41) is 7.39. The number of para-hydroxylation sites is 2. The van der Waals surface area contributed by atoms with Crippen molar-refractivity contribution in [2.75, 3.05) is 4.90 Å². The monoisotopic (exact) mass is 643 g/mol. The van der Waals surface area contributed by atoms with E-state index in [1.54, 1.807) is 0 Å². The van der Waals surface area contributed by atoms with Crippen LogP contribution in [-0.2, 0) is 0 Å². The summed E-state index contributed by atoms with van der Waals surface area (Å²) in [6, 6.07) is 63.1. The fourth-order valence-electron chi connectivity index (χ4n) is 7.37. The van der Waals surface area contributed by atoms with Gasteiger partial charge in [0.05, 0.1) is 5.69 Å². The number of hydrogen-bond donors (Lipinski definition) is 0. The van der Waals surface area contributed by atoms with Crippen LogP contribution in [-0.4, -0.2) is 0 Å². The lowest BCUT2D eigenvalue weighted by Gasteiger charge is -2.27. The zero-order valence-corrected chi connectivity index (χ0v) is 27.3. The van der Waals surface area contributed by atoms with E-state index < -0.39 is 0 Å². The van der Waals surface area contributed by atoms with Gasteiger partial charge in [-0.25, -0.2) is 0 Å². The van der Waals surface area contributed by atoms with E-state index in [1.165, 1.54) is 42.1 Å². The van der Waals surface area contributed by atoms with Gasteiger partial charge in [-0.3, -0.25) is 0 Å². The molecule has 0 saturated carbocycles. The highest BCUT2D eigenvalue weighted by Gasteiger charge is 2.19. The summed E-state index contributed by atoms with van der Waals surface area (Å²) >= 11 is 1.88. The summed E-state index contributed by atoms with van der Waals surface area (Å²) in [5.74, 6) is 0. The number of anilines is 3. The molecule has 3 heteroatoms. The molecule has 49 heavy (non-hydrogen) atoms. The predicted octanol–water partition coefficient (Wildman–Crippen LogP) is 13.9. The van der Waals surface area contributed by atoms with E-state index in [2.05, 4.69) is 169 Å². The Labute approximate surface area is 287 Å². The van der Waals surface area contributed by atoms with Crippen LogP contribution in [0.2, 0.25) is 0 Å². The van der Waals surface area contributed by atoms with Crippen LogP contribution >= 0.6 is 11.3 Å². The maximum Gasteiger partial charge on any atom is 0.143 e. The third kappa shape index (κ3) is 4.55. The highest BCUT2D eigenvalue weighted by Crippen LogP contribution is 2.45. The standard InChI is InChI=1S/C46H29NOS/c1-2-11-30(12-3-1)31-23-25-33(26-24-31)47(42-20-10-19-40-36(42)27-28-41-38-16-5-7-22-44(38)49-46(40)41)34-14-8-13-32(29-34)35-17-9-18-39-37-15-4-6-21-43(37)48-45(35)39/h1-29H. The molecule has 0 atom stereocenters. The summed E-state index contributed by atoms with van der Waals surface area (Å²) < 4.78 is 9.11. The van der Waals surface area contributed by atoms with Gasteiger partial charge >= 0.3 is 0 Å². The Morgan fingerprint density at radius 1 is 0.408 bits per heavy atom. The lowest BCUT2D eigenvalue weighted by atomic mass is 10.00. The van der Waals surface area contributed by atoms with Crippen molar-refractivity contribution in [3.05, 3.63) is 176 Å². The molecule has 2 nitrogen and oxygen atoms in total. The second-order valence-electron chi connectivity index (χ2n) is 12.5. The zero-order valence-electron chi connectivity index (χ0n) is 26.5. The molecule has 0 N–H and O–H groups in total. The molecular formula is C46H29NOS. The van der Waals surface area contributed by atoms with Gasteiger partial charge in [-0.05, 0) is 59.2 Å². The normalized spacial score (nSPS) is 11.7. The van der Waals surface area contributed by atoms with E-state index in [4.69, 9.17) is 4.42 Å². The first-order chi connectivity index (χ1) is 24.3. The summed E-state index contributed by atoms with van der Waals surface area (Å²) in [5.41, 5.74) is 9.74. The molecule has 8 aromatic carbocycles. The maximum atomic E-state index is 6.47. The average molecular weight is 644 g/mol. The van der Waals surface area contributed by atoms with E-state index in [-0.39, 0.29) is 0 Å². The summed E-state index contributed by atoms with van der Waals surface area (Å²) in [7, 11) is 0. The summed E-state index contributed by atoms with van der Waals surface area (Å²) in [6.07, 6.45) is 0. The largest absolute Gasteiger partial charge is 0.455 e. The molecule has 0 bridgehead atoms. The van der Waals surface area contributed by atoms with Crippen LogP contribution in [0.5, 0.6) is 0 Å². The van der Waals surface area contributed by atoms with Crippen molar-refractivity contribution in [1.82, 2.24) is 0 Å². The van der Waals surface area contributed by atoms with Gasteiger partial charge in [-0.1, -0.05) is 133 Å². The van der Waals surface area contributed by atoms with E-state index in [1.807, 2.05) is 23.5 Å². The Morgan fingerprint density at radius 2 is 1.06 bits per heavy atom. The van der Waals surface area contributed by atoms with Gasteiger partial charge in [0, 0.05) is 58.7 Å². The molecule has 0 spiro atoms. The molecule has 0 aliphatic carbocycles. The second kappa shape index (κ2) is 11.2. The minimum absolute atomic E-state index is 0.907. The van der Waals surface area contributed by atoms with Crippen LogP contribution in [0.1, 0.15) is 0 Å². The fraction of sp³-hybridized carbons (Fsp3) is 0. The topological polar surface area (TPSA) is 16.4 Å². The summed E-state index contributed by atoms with van der Waals surface area (Å²) in [4.78, 5) is 2.40. The zero-order chi connectivity index (χ0) is 32.3. The Morgan fingerprint density at radius 3 is 1.96 bits per heavy atom. The molecule has 0 fully saturated rings. The second-order valence-corrected chi connectivity index (χ2v) is 13.5. The number of nitrogens with zero attached hydrogens (tertiary/aromatic N) is 1. The predicted molar refractivity (Wildman–Crippen MR) is 210 cm³/mol. The number of thiophene rings is 1. The first-order valence-electron chi connectivity index (χ1n) is 16.6. The van der Waals surface area contributed by atoms with Crippen LogP contribution in [0.25, 0.3) is 75.1 Å². The molecule has 0 radical (unpaired) electrons. The Kier molecular flexibility index (Phi) is 6.39. The van der Waals surface area contributed by atoms with Crippen molar-refractivity contribution in [2.24, 2.45) is 0 Å². The van der Waals surface area contributed by atoms with E-state index in [0.717, 1.165) is 50.1 Å². The molecule has 0 amide bonds. The quantitative estimate of drug-likeness (QED) is 0.186. The molecule has 10 rings (SSSR count). The minimum atomic E-state index is 0.907.